The molecule has 2 aliphatic heterocycles. The number of methoxy groups -OCH3 is 1. The molecule has 0 radical (unpaired) electrons. The number of β-lactam (4-membered cyclic amide) rings is 1. The first-order valence-electron chi connectivity index (χ1n) is 8.82. The maximum atomic E-state index is 12.8. The lowest BCUT2D eigenvalue weighted by atomic mass is 10.1. The molecule has 1 aromatic rings. The summed E-state index contributed by atoms with van der Waals surface area (Å²) in [5.74, 6) is -3.12. The molecule has 11 heteroatoms. The van der Waals surface area contributed by atoms with Crippen LogP contribution in [0.3, 0.4) is 0 Å². The van der Waals surface area contributed by atoms with Gasteiger partial charge in [-0.1, -0.05) is 12.1 Å². The van der Waals surface area contributed by atoms with Crippen LogP contribution in [0.1, 0.15) is 22.8 Å². The van der Waals surface area contributed by atoms with Crippen LogP contribution in [0.15, 0.2) is 35.5 Å². The predicted molar refractivity (Wildman–Crippen MR) is 101 cm³/mol. The molecule has 1 N–H and O–H groups in total. The van der Waals surface area contributed by atoms with Gasteiger partial charge in [-0.25, -0.2) is 9.59 Å². The van der Waals surface area contributed by atoms with Crippen LogP contribution in [0.2, 0.25) is 0 Å². The number of benzene rings is 1. The van der Waals surface area contributed by atoms with E-state index in [-0.39, 0.29) is 35.8 Å². The Morgan fingerprint density at radius 2 is 1.83 bits per heavy atom. The van der Waals surface area contributed by atoms with Crippen LogP contribution in [0.4, 0.5) is 0 Å². The summed E-state index contributed by atoms with van der Waals surface area (Å²) < 4.78 is 27.8. The number of hydrogen-bond donors (Lipinski definition) is 1. The minimum Gasteiger partial charge on any atom is -0.478 e. The molecule has 3 rings (SSSR count). The van der Waals surface area contributed by atoms with Crippen molar-refractivity contribution in [1.82, 2.24) is 4.90 Å². The minimum atomic E-state index is -1.54. The van der Waals surface area contributed by atoms with Crippen LogP contribution in [-0.2, 0) is 46.0 Å². The highest BCUT2D eigenvalue weighted by molar-refractivity contribution is 7.86. The molecule has 2 aliphatic rings. The molecule has 0 saturated carbocycles. The fourth-order valence-corrected chi connectivity index (χ4v) is 4.83. The lowest BCUT2D eigenvalue weighted by molar-refractivity contribution is -0.164. The number of hydrogen-bond acceptors (Lipinski definition) is 8. The molecule has 1 saturated heterocycles. The number of ether oxygens (including phenoxy) is 3. The molecule has 2 heterocycles. The van der Waals surface area contributed by atoms with Gasteiger partial charge in [0.2, 0.25) is 0 Å². The Hall–Kier alpha value is -3.05. The summed E-state index contributed by atoms with van der Waals surface area (Å²) in [4.78, 5) is 48.4. The highest BCUT2D eigenvalue weighted by Gasteiger charge is 2.57. The van der Waals surface area contributed by atoms with Crippen molar-refractivity contribution >= 4 is 34.6 Å². The summed E-state index contributed by atoms with van der Waals surface area (Å²) in [7, 11) is -0.227. The number of carboxylic acids is 1. The van der Waals surface area contributed by atoms with E-state index in [9.17, 15) is 23.4 Å². The molecule has 1 amide bonds. The molecular formula is C19H19NO9S. The second-order valence-electron chi connectivity index (χ2n) is 6.59. The van der Waals surface area contributed by atoms with E-state index in [0.29, 0.717) is 5.56 Å². The fraction of sp³-hybridized carbons (Fsp3) is 0.368. The van der Waals surface area contributed by atoms with Crippen molar-refractivity contribution in [3.63, 3.8) is 0 Å². The molecule has 30 heavy (non-hydrogen) atoms. The zero-order valence-electron chi connectivity index (χ0n) is 16.2. The summed E-state index contributed by atoms with van der Waals surface area (Å²) in [6.45, 7) is 0.719. The largest absolute Gasteiger partial charge is 0.478 e. The van der Waals surface area contributed by atoms with Gasteiger partial charge >= 0.3 is 17.9 Å². The van der Waals surface area contributed by atoms with Crippen LogP contribution in [0.5, 0.6) is 0 Å². The highest BCUT2D eigenvalue weighted by Crippen LogP contribution is 2.36. The average molecular weight is 437 g/mol. The molecule has 3 atom stereocenters. The molecule has 1 fully saturated rings. The summed E-state index contributed by atoms with van der Waals surface area (Å²) in [5, 5.41) is 8.11. The van der Waals surface area contributed by atoms with Gasteiger partial charge in [0.25, 0.3) is 5.91 Å². The van der Waals surface area contributed by atoms with Crippen LogP contribution >= 0.6 is 0 Å². The quantitative estimate of drug-likeness (QED) is 0.468. The van der Waals surface area contributed by atoms with E-state index in [2.05, 4.69) is 0 Å². The summed E-state index contributed by atoms with van der Waals surface area (Å²) in [6.07, 6.45) is -0.924. The number of fused-ring (bicyclic) bond motifs is 1. The molecule has 160 valence electrons. The summed E-state index contributed by atoms with van der Waals surface area (Å²) in [6, 6.07) is 5.75. The van der Waals surface area contributed by atoms with Gasteiger partial charge in [-0.2, -0.15) is 0 Å². The minimum absolute atomic E-state index is 0.0701. The van der Waals surface area contributed by atoms with Gasteiger partial charge in [0.15, 0.2) is 6.10 Å². The number of carbonyl (C=O) groups excluding carboxylic acids is 3. The van der Waals surface area contributed by atoms with E-state index in [4.69, 9.17) is 19.3 Å². The van der Waals surface area contributed by atoms with E-state index >= 15 is 0 Å². The zero-order chi connectivity index (χ0) is 22.0. The molecule has 0 bridgehead atoms. The first-order chi connectivity index (χ1) is 14.2. The number of aromatic carboxylic acids is 1. The van der Waals surface area contributed by atoms with E-state index in [1.165, 1.54) is 38.3 Å². The fourth-order valence-electron chi connectivity index (χ4n) is 3.15. The zero-order valence-corrected chi connectivity index (χ0v) is 17.0. The summed E-state index contributed by atoms with van der Waals surface area (Å²) >= 11 is 0. The van der Waals surface area contributed by atoms with E-state index in [0.717, 1.165) is 4.90 Å². The lowest BCUT2D eigenvalue weighted by Crippen LogP contribution is -2.69. The van der Waals surface area contributed by atoms with Gasteiger partial charge in [-0.15, -0.1) is 0 Å². The van der Waals surface area contributed by atoms with Crippen molar-refractivity contribution in [3.05, 3.63) is 46.7 Å². The smallest absolute Gasteiger partial charge is 0.355 e. The first kappa shape index (κ1) is 21.7. The normalized spacial score (nSPS) is 22.8. The third kappa shape index (κ3) is 4.12. The van der Waals surface area contributed by atoms with Crippen molar-refractivity contribution in [2.75, 3.05) is 19.5 Å². The lowest BCUT2D eigenvalue weighted by Gasteiger charge is -2.48. The molecule has 0 spiro atoms. The second kappa shape index (κ2) is 8.76. The number of carbonyl (C=O) groups is 4. The Labute approximate surface area is 173 Å². The van der Waals surface area contributed by atoms with E-state index < -0.39 is 46.1 Å². The van der Waals surface area contributed by atoms with Crippen molar-refractivity contribution in [2.45, 2.75) is 25.0 Å². The molecule has 10 nitrogen and oxygen atoms in total. The topological polar surface area (TPSA) is 137 Å². The van der Waals surface area contributed by atoms with Crippen molar-refractivity contribution in [3.8, 4) is 0 Å². The van der Waals surface area contributed by atoms with Crippen LogP contribution < -0.4 is 0 Å². The Bertz CT molecular complexity index is 953. The number of nitrogens with zero attached hydrogens (tertiary/aromatic N) is 1. The SMILES string of the molecule is CO[C@H]1C(=O)N2C(C(=O)OCc3ccc(C(=O)O)cc3)=C(COC(C)=O)CS(=O)C12. The molecule has 1 aromatic carbocycles. The van der Waals surface area contributed by atoms with Gasteiger partial charge in [0.05, 0.1) is 22.1 Å². The standard InChI is InChI=1S/C19H19NO9S/c1-10(21)28-8-13-9-30(26)17-15(27-2)16(22)20(17)14(13)19(25)29-7-11-3-5-12(6-4-11)18(23)24/h3-6,15,17H,7-9H2,1-2H3,(H,23,24)/t15-,17?,30?/m0/s1. The second-order valence-corrected chi connectivity index (χ2v) is 8.12. The van der Waals surface area contributed by atoms with Gasteiger partial charge in [0, 0.05) is 19.6 Å². The number of rotatable bonds is 7. The summed E-state index contributed by atoms with van der Waals surface area (Å²) in [5.41, 5.74) is 0.734. The van der Waals surface area contributed by atoms with Gasteiger partial charge in [-0.3, -0.25) is 18.7 Å². The Balaban J connectivity index is 1.81. The monoisotopic (exact) mass is 437 g/mol. The molecule has 2 unspecified atom stereocenters. The van der Waals surface area contributed by atoms with Gasteiger partial charge in [0.1, 0.15) is 24.3 Å². The third-order valence-corrected chi connectivity index (χ3v) is 6.25. The average Bonchev–Trinajstić information content (AvgIpc) is 2.71. The molecular weight excluding hydrogens is 418 g/mol. The van der Waals surface area contributed by atoms with Gasteiger partial charge < -0.3 is 19.3 Å². The van der Waals surface area contributed by atoms with Crippen molar-refractivity contribution < 1.29 is 42.7 Å². The van der Waals surface area contributed by atoms with Crippen molar-refractivity contribution in [2.24, 2.45) is 0 Å². The predicted octanol–water partition coefficient (Wildman–Crippen LogP) is 0.191. The third-order valence-electron chi connectivity index (χ3n) is 4.62. The van der Waals surface area contributed by atoms with E-state index in [1.54, 1.807) is 0 Å². The maximum Gasteiger partial charge on any atom is 0.355 e. The van der Waals surface area contributed by atoms with Crippen LogP contribution in [-0.4, -0.2) is 69.0 Å². The highest BCUT2D eigenvalue weighted by atomic mass is 32.2. The Kier molecular flexibility index (Phi) is 6.32. The number of carboxylic acid groups (broad SMARTS) is 1. The first-order valence-corrected chi connectivity index (χ1v) is 10.2. The maximum absolute atomic E-state index is 12.8. The molecule has 0 aromatic heterocycles. The molecule has 0 aliphatic carbocycles. The Morgan fingerprint density at radius 1 is 1.17 bits per heavy atom. The van der Waals surface area contributed by atoms with Crippen LogP contribution in [0.25, 0.3) is 0 Å². The van der Waals surface area contributed by atoms with E-state index in [1.807, 2.05) is 0 Å². The Morgan fingerprint density at radius 3 is 2.40 bits per heavy atom. The number of esters is 2. The number of amides is 1. The van der Waals surface area contributed by atoms with Crippen molar-refractivity contribution in [1.29, 1.82) is 0 Å². The van der Waals surface area contributed by atoms with Crippen LogP contribution in [0, 0.1) is 0 Å². The van der Waals surface area contributed by atoms with Gasteiger partial charge in [-0.05, 0) is 17.7 Å².